The summed E-state index contributed by atoms with van der Waals surface area (Å²) in [5, 5.41) is 10.6. The predicted molar refractivity (Wildman–Crippen MR) is 145 cm³/mol. The number of carbonyl (C=O) groups is 1. The number of quaternary nitrogens is 1. The Kier molecular flexibility index (Phi) is 18.0. The molecule has 3 nitrogen and oxygen atoms in total. The Morgan fingerprint density at radius 2 is 1.18 bits per heavy atom. The third-order valence-electron chi connectivity index (χ3n) is 7.47. The smallest absolute Gasteiger partial charge is 0.114 e. The molecule has 0 N–H and O–H groups in total. The minimum absolute atomic E-state index is 0.189. The van der Waals surface area contributed by atoms with Crippen LogP contribution in [0.4, 0.5) is 0 Å². The van der Waals surface area contributed by atoms with E-state index in [4.69, 9.17) is 0 Å². The van der Waals surface area contributed by atoms with Gasteiger partial charge < -0.3 is 14.4 Å². The van der Waals surface area contributed by atoms with E-state index in [-0.39, 0.29) is 6.42 Å². The first-order chi connectivity index (χ1) is 16.5. The van der Waals surface area contributed by atoms with E-state index >= 15 is 0 Å². The van der Waals surface area contributed by atoms with Gasteiger partial charge in [-0.05, 0) is 32.1 Å². The van der Waals surface area contributed by atoms with Crippen molar-refractivity contribution in [2.24, 2.45) is 0 Å². The quantitative estimate of drug-likeness (QED) is 0.119. The SMILES string of the molecule is CCCCCCCCCCCCCCCCC(c1ccccc1)[N+](C)(C)CCCCCC(=O)[O-]. The maximum absolute atomic E-state index is 10.6. The third-order valence-corrected chi connectivity index (χ3v) is 7.47. The molecule has 1 aromatic carbocycles. The van der Waals surface area contributed by atoms with Crippen molar-refractivity contribution in [3.63, 3.8) is 0 Å². The molecule has 1 aromatic rings. The van der Waals surface area contributed by atoms with Crippen LogP contribution in [0.3, 0.4) is 0 Å². The first-order valence-electron chi connectivity index (χ1n) is 14.5. The van der Waals surface area contributed by atoms with Crippen molar-refractivity contribution in [1.29, 1.82) is 0 Å². The van der Waals surface area contributed by atoms with Crippen LogP contribution in [0.2, 0.25) is 0 Å². The number of carbonyl (C=O) groups excluding carboxylic acids is 1. The van der Waals surface area contributed by atoms with Gasteiger partial charge in [0.05, 0.1) is 20.6 Å². The van der Waals surface area contributed by atoms with E-state index < -0.39 is 5.97 Å². The van der Waals surface area contributed by atoms with Crippen molar-refractivity contribution in [3.05, 3.63) is 35.9 Å². The number of aliphatic carboxylic acids is 1. The summed E-state index contributed by atoms with van der Waals surface area (Å²) in [7, 11) is 4.69. The molecule has 0 aromatic heterocycles. The Labute approximate surface area is 211 Å². The molecule has 0 amide bonds. The summed E-state index contributed by atoms with van der Waals surface area (Å²) in [5.74, 6) is -0.922. The zero-order chi connectivity index (χ0) is 24.9. The number of hydrogen-bond donors (Lipinski definition) is 0. The Balaban J connectivity index is 2.23. The predicted octanol–water partition coefficient (Wildman–Crippen LogP) is 7.99. The Morgan fingerprint density at radius 1 is 0.706 bits per heavy atom. The van der Waals surface area contributed by atoms with E-state index in [1.807, 2.05) is 0 Å². The normalized spacial score (nSPS) is 12.7. The van der Waals surface area contributed by atoms with Gasteiger partial charge >= 0.3 is 0 Å². The minimum Gasteiger partial charge on any atom is -0.550 e. The maximum atomic E-state index is 10.6. The number of rotatable bonds is 23. The summed E-state index contributed by atoms with van der Waals surface area (Å²) in [5.41, 5.74) is 1.44. The van der Waals surface area contributed by atoms with Gasteiger partial charge in [-0.25, -0.2) is 0 Å². The molecule has 0 saturated heterocycles. The van der Waals surface area contributed by atoms with Crippen LogP contribution >= 0.6 is 0 Å². The molecule has 0 fully saturated rings. The third kappa shape index (κ3) is 15.5. The first-order valence-corrected chi connectivity index (χ1v) is 14.5. The van der Waals surface area contributed by atoms with E-state index in [0.29, 0.717) is 6.04 Å². The van der Waals surface area contributed by atoms with Gasteiger partial charge in [-0.15, -0.1) is 0 Å². The Morgan fingerprint density at radius 3 is 1.68 bits per heavy atom. The summed E-state index contributed by atoms with van der Waals surface area (Å²) in [4.78, 5) is 10.6. The highest BCUT2D eigenvalue weighted by Gasteiger charge is 2.28. The van der Waals surface area contributed by atoms with Gasteiger partial charge in [-0.1, -0.05) is 121 Å². The fourth-order valence-corrected chi connectivity index (χ4v) is 5.25. The van der Waals surface area contributed by atoms with Gasteiger partial charge in [-0.2, -0.15) is 0 Å². The van der Waals surface area contributed by atoms with E-state index in [1.54, 1.807) is 0 Å². The lowest BCUT2D eigenvalue weighted by atomic mass is 9.96. The molecule has 0 heterocycles. The fourth-order valence-electron chi connectivity index (χ4n) is 5.25. The molecule has 0 bridgehead atoms. The molecule has 3 heteroatoms. The van der Waals surface area contributed by atoms with Crippen molar-refractivity contribution in [2.75, 3.05) is 20.6 Å². The van der Waals surface area contributed by atoms with E-state index in [0.717, 1.165) is 30.3 Å². The van der Waals surface area contributed by atoms with Gasteiger partial charge in [0.2, 0.25) is 0 Å². The van der Waals surface area contributed by atoms with E-state index in [9.17, 15) is 9.90 Å². The van der Waals surface area contributed by atoms with E-state index in [1.165, 1.54) is 102 Å². The van der Waals surface area contributed by atoms with Crippen LogP contribution in [0.25, 0.3) is 0 Å². The fraction of sp³-hybridized carbons (Fsp3) is 0.774. The zero-order valence-corrected chi connectivity index (χ0v) is 22.9. The van der Waals surface area contributed by atoms with Crippen LogP contribution in [0.1, 0.15) is 141 Å². The minimum atomic E-state index is -0.922. The number of hydrogen-bond acceptors (Lipinski definition) is 2. The highest BCUT2D eigenvalue weighted by molar-refractivity contribution is 5.64. The van der Waals surface area contributed by atoms with Crippen LogP contribution in [-0.2, 0) is 4.79 Å². The molecule has 34 heavy (non-hydrogen) atoms. The largest absolute Gasteiger partial charge is 0.550 e. The van der Waals surface area contributed by atoms with Crippen molar-refractivity contribution in [3.8, 4) is 0 Å². The summed E-state index contributed by atoms with van der Waals surface area (Å²) in [6.07, 6.45) is 23.8. The van der Waals surface area contributed by atoms with Crippen molar-refractivity contribution in [1.82, 2.24) is 0 Å². The second-order valence-corrected chi connectivity index (χ2v) is 11.0. The molecular weight excluding hydrogens is 418 g/mol. The number of unbranched alkanes of at least 4 members (excludes halogenated alkanes) is 15. The molecule has 196 valence electrons. The van der Waals surface area contributed by atoms with Gasteiger partial charge in [0.15, 0.2) is 0 Å². The first kappa shape index (κ1) is 30.7. The molecule has 0 radical (unpaired) electrons. The maximum Gasteiger partial charge on any atom is 0.114 e. The molecule has 1 unspecified atom stereocenters. The lowest BCUT2D eigenvalue weighted by Gasteiger charge is -2.39. The molecule has 0 aliphatic rings. The average Bonchev–Trinajstić information content (AvgIpc) is 2.81. The summed E-state index contributed by atoms with van der Waals surface area (Å²) >= 11 is 0. The van der Waals surface area contributed by atoms with Crippen LogP contribution < -0.4 is 5.11 Å². The highest BCUT2D eigenvalue weighted by atomic mass is 16.4. The van der Waals surface area contributed by atoms with Gasteiger partial charge in [0, 0.05) is 18.0 Å². The monoisotopic (exact) mass is 473 g/mol. The molecule has 1 rings (SSSR count). The lowest BCUT2D eigenvalue weighted by Crippen LogP contribution is -2.44. The molecular formula is C31H55NO2. The van der Waals surface area contributed by atoms with Crippen LogP contribution in [0.15, 0.2) is 30.3 Å². The summed E-state index contributed by atoms with van der Waals surface area (Å²) in [6.45, 7) is 3.38. The summed E-state index contributed by atoms with van der Waals surface area (Å²) in [6, 6.07) is 11.5. The Hall–Kier alpha value is -1.35. The van der Waals surface area contributed by atoms with Gasteiger partial charge in [0.25, 0.3) is 0 Å². The summed E-state index contributed by atoms with van der Waals surface area (Å²) < 4.78 is 0.980. The molecule has 0 aliphatic carbocycles. The standard InChI is InChI=1S/C31H55NO2/c1-4-5-6-7-8-9-10-11-12-13-14-15-16-21-26-30(29-24-19-17-20-25-29)32(2,3)28-23-18-22-27-31(33)34/h17,19-20,24-25,30H,4-16,18,21-23,26-28H2,1-3H3. The van der Waals surface area contributed by atoms with Crippen molar-refractivity contribution in [2.45, 2.75) is 135 Å². The lowest BCUT2D eigenvalue weighted by molar-refractivity contribution is -0.921. The second-order valence-electron chi connectivity index (χ2n) is 11.0. The van der Waals surface area contributed by atoms with Gasteiger partial charge in [-0.3, -0.25) is 0 Å². The van der Waals surface area contributed by atoms with E-state index in [2.05, 4.69) is 51.4 Å². The van der Waals surface area contributed by atoms with Crippen LogP contribution in [-0.4, -0.2) is 31.1 Å². The van der Waals surface area contributed by atoms with Crippen molar-refractivity contribution >= 4 is 5.97 Å². The van der Waals surface area contributed by atoms with Crippen LogP contribution in [0.5, 0.6) is 0 Å². The number of nitrogens with zero attached hydrogens (tertiary/aromatic N) is 1. The number of benzene rings is 1. The molecule has 0 spiro atoms. The van der Waals surface area contributed by atoms with Crippen molar-refractivity contribution < 1.29 is 14.4 Å². The highest BCUT2D eigenvalue weighted by Crippen LogP contribution is 2.31. The average molecular weight is 474 g/mol. The Bertz CT molecular complexity index is 599. The topological polar surface area (TPSA) is 40.1 Å². The molecule has 0 saturated carbocycles. The number of carboxylic acid groups (broad SMARTS) is 1. The second kappa shape index (κ2) is 19.9. The molecule has 1 atom stereocenters. The molecule has 0 aliphatic heterocycles. The van der Waals surface area contributed by atoms with Gasteiger partial charge in [0.1, 0.15) is 6.04 Å². The zero-order valence-electron chi connectivity index (χ0n) is 22.9. The van der Waals surface area contributed by atoms with Crippen LogP contribution in [0, 0.1) is 0 Å². The number of carboxylic acids is 1.